The number of rotatable bonds is 27. The van der Waals surface area contributed by atoms with Crippen LogP contribution in [0.25, 0.3) is 0 Å². The van der Waals surface area contributed by atoms with Crippen LogP contribution in [0.3, 0.4) is 0 Å². The zero-order valence-corrected chi connectivity index (χ0v) is 22.9. The Morgan fingerprint density at radius 3 is 0.941 bits per heavy atom. The van der Waals surface area contributed by atoms with Gasteiger partial charge in [-0.15, -0.1) is 0 Å². The van der Waals surface area contributed by atoms with Gasteiger partial charge in [-0.2, -0.15) is 0 Å². The molecule has 2 N–H and O–H groups in total. The van der Waals surface area contributed by atoms with Crippen LogP contribution in [0, 0.1) is 0 Å². The van der Waals surface area contributed by atoms with Crippen molar-refractivity contribution in [1.29, 1.82) is 0 Å². The lowest BCUT2D eigenvalue weighted by Crippen LogP contribution is -2.49. The molecule has 0 aromatic heterocycles. The minimum Gasteiger partial charge on any atom is -0.392 e. The summed E-state index contributed by atoms with van der Waals surface area (Å²) < 4.78 is 0. The first-order chi connectivity index (χ1) is 16.5. The average molecular weight is 483 g/mol. The molecule has 0 aromatic rings. The van der Waals surface area contributed by atoms with E-state index in [1.807, 2.05) is 0 Å². The first-order valence-corrected chi connectivity index (χ1v) is 14.9. The number of aliphatic hydroxyl groups excluding tert-OH is 1. The fraction of sp³-hybridized carbons (Fsp3) is 0.933. The van der Waals surface area contributed by atoms with E-state index in [1.165, 1.54) is 103 Å². The van der Waals surface area contributed by atoms with Crippen LogP contribution in [0.5, 0.6) is 0 Å². The summed E-state index contributed by atoms with van der Waals surface area (Å²) in [6, 6.07) is 0. The quantitative estimate of drug-likeness (QED) is 0.0912. The van der Waals surface area contributed by atoms with Crippen molar-refractivity contribution in [2.75, 3.05) is 6.61 Å². The van der Waals surface area contributed by atoms with E-state index in [1.54, 1.807) is 0 Å². The number of carbonyl (C=O) groups is 2. The van der Waals surface area contributed by atoms with Crippen LogP contribution in [-0.4, -0.2) is 34.0 Å². The molecule has 0 atom stereocenters. The molecular weight excluding hydrogens is 424 g/mol. The van der Waals surface area contributed by atoms with Gasteiger partial charge in [0.1, 0.15) is 0 Å². The highest BCUT2D eigenvalue weighted by Gasteiger charge is 2.41. The molecule has 0 saturated carbocycles. The van der Waals surface area contributed by atoms with E-state index in [0.717, 1.165) is 25.7 Å². The van der Waals surface area contributed by atoms with Gasteiger partial charge in [-0.3, -0.25) is 9.59 Å². The SMILES string of the molecule is CCCCCCCCCCCCCC(=O)C(O)(CO)C(=O)CCCCCCCCCCCCC. The molecule has 0 unspecified atom stereocenters. The summed E-state index contributed by atoms with van der Waals surface area (Å²) in [7, 11) is 0. The highest BCUT2D eigenvalue weighted by atomic mass is 16.3. The first-order valence-electron chi connectivity index (χ1n) is 14.9. The van der Waals surface area contributed by atoms with Crippen molar-refractivity contribution in [1.82, 2.24) is 0 Å². The summed E-state index contributed by atoms with van der Waals surface area (Å²) in [5.74, 6) is -1.00. The minimum atomic E-state index is -2.18. The van der Waals surface area contributed by atoms with Crippen LogP contribution in [0.2, 0.25) is 0 Å². The molecular formula is C30H58O4. The monoisotopic (exact) mass is 482 g/mol. The van der Waals surface area contributed by atoms with Gasteiger partial charge in [-0.1, -0.05) is 142 Å². The van der Waals surface area contributed by atoms with Crippen LogP contribution < -0.4 is 0 Å². The third-order valence-corrected chi connectivity index (χ3v) is 7.17. The highest BCUT2D eigenvalue weighted by molar-refractivity contribution is 6.10. The molecule has 0 saturated heterocycles. The second kappa shape index (κ2) is 24.0. The van der Waals surface area contributed by atoms with Crippen LogP contribution in [0.1, 0.15) is 168 Å². The van der Waals surface area contributed by atoms with Gasteiger partial charge in [0, 0.05) is 12.8 Å². The van der Waals surface area contributed by atoms with Crippen molar-refractivity contribution >= 4 is 11.6 Å². The number of ketones is 2. The van der Waals surface area contributed by atoms with Gasteiger partial charge in [0.25, 0.3) is 0 Å². The average Bonchev–Trinajstić information content (AvgIpc) is 2.84. The molecule has 0 spiro atoms. The second-order valence-electron chi connectivity index (χ2n) is 10.4. The van der Waals surface area contributed by atoms with Crippen LogP contribution in [0.4, 0.5) is 0 Å². The Labute approximate surface area is 211 Å². The minimum absolute atomic E-state index is 0.179. The smallest absolute Gasteiger partial charge is 0.204 e. The molecule has 0 bridgehead atoms. The van der Waals surface area contributed by atoms with Gasteiger partial charge < -0.3 is 10.2 Å². The Kier molecular flexibility index (Phi) is 23.5. The molecule has 0 radical (unpaired) electrons. The fourth-order valence-electron chi connectivity index (χ4n) is 4.64. The van der Waals surface area contributed by atoms with Crippen molar-refractivity contribution in [2.24, 2.45) is 0 Å². The molecule has 0 aliphatic rings. The number of unbranched alkanes of at least 4 members (excludes halogenated alkanes) is 20. The number of Topliss-reactive ketones (excluding diaryl/α,β-unsaturated/α-hetero) is 2. The zero-order valence-electron chi connectivity index (χ0n) is 22.9. The molecule has 0 aromatic carbocycles. The Morgan fingerprint density at radius 1 is 0.471 bits per heavy atom. The van der Waals surface area contributed by atoms with Crippen molar-refractivity contribution in [3.8, 4) is 0 Å². The van der Waals surface area contributed by atoms with Crippen LogP contribution >= 0.6 is 0 Å². The van der Waals surface area contributed by atoms with Crippen molar-refractivity contribution in [3.05, 3.63) is 0 Å². The summed E-state index contributed by atoms with van der Waals surface area (Å²) >= 11 is 0. The van der Waals surface area contributed by atoms with E-state index in [9.17, 15) is 19.8 Å². The molecule has 202 valence electrons. The van der Waals surface area contributed by atoms with Gasteiger partial charge in [-0.05, 0) is 12.8 Å². The van der Waals surface area contributed by atoms with E-state index in [-0.39, 0.29) is 12.8 Å². The van der Waals surface area contributed by atoms with E-state index in [2.05, 4.69) is 13.8 Å². The van der Waals surface area contributed by atoms with E-state index in [0.29, 0.717) is 12.8 Å². The van der Waals surface area contributed by atoms with E-state index in [4.69, 9.17) is 0 Å². The molecule has 4 nitrogen and oxygen atoms in total. The Balaban J connectivity index is 3.80. The number of hydrogen-bond acceptors (Lipinski definition) is 4. The normalized spacial score (nSPS) is 11.8. The largest absolute Gasteiger partial charge is 0.392 e. The predicted octanol–water partition coefficient (Wildman–Crippen LogP) is 8.25. The third-order valence-electron chi connectivity index (χ3n) is 7.17. The fourth-order valence-corrected chi connectivity index (χ4v) is 4.64. The van der Waals surface area contributed by atoms with Crippen LogP contribution in [-0.2, 0) is 9.59 Å². The molecule has 0 aliphatic carbocycles. The molecule has 4 heteroatoms. The lowest BCUT2D eigenvalue weighted by Gasteiger charge is -2.23. The first kappa shape index (κ1) is 33.3. The molecule has 0 heterocycles. The Bertz CT molecular complexity index is 436. The summed E-state index contributed by atoms with van der Waals surface area (Å²) in [4.78, 5) is 24.9. The van der Waals surface area contributed by atoms with Crippen molar-refractivity contribution < 1.29 is 19.8 Å². The summed E-state index contributed by atoms with van der Waals surface area (Å²) in [6.07, 6.45) is 26.5. The summed E-state index contributed by atoms with van der Waals surface area (Å²) in [5.41, 5.74) is -2.18. The molecule has 0 amide bonds. The molecule has 34 heavy (non-hydrogen) atoms. The third kappa shape index (κ3) is 17.7. The Hall–Kier alpha value is -0.740. The van der Waals surface area contributed by atoms with Crippen LogP contribution in [0.15, 0.2) is 0 Å². The van der Waals surface area contributed by atoms with Gasteiger partial charge in [0.05, 0.1) is 6.61 Å². The zero-order chi connectivity index (χ0) is 25.3. The van der Waals surface area contributed by atoms with Gasteiger partial charge in [-0.25, -0.2) is 0 Å². The van der Waals surface area contributed by atoms with Crippen molar-refractivity contribution in [2.45, 2.75) is 174 Å². The molecule has 0 aliphatic heterocycles. The molecule has 0 rings (SSSR count). The predicted molar refractivity (Wildman–Crippen MR) is 144 cm³/mol. The van der Waals surface area contributed by atoms with Gasteiger partial charge in [0.2, 0.25) is 5.60 Å². The topological polar surface area (TPSA) is 74.6 Å². The lowest BCUT2D eigenvalue weighted by atomic mass is 9.88. The number of carbonyl (C=O) groups excluding carboxylic acids is 2. The summed E-state index contributed by atoms with van der Waals surface area (Å²) in [6.45, 7) is 3.68. The van der Waals surface area contributed by atoms with Crippen molar-refractivity contribution in [3.63, 3.8) is 0 Å². The lowest BCUT2D eigenvalue weighted by molar-refractivity contribution is -0.155. The second-order valence-corrected chi connectivity index (χ2v) is 10.4. The maximum Gasteiger partial charge on any atom is 0.204 e. The number of aliphatic hydroxyl groups is 2. The standard InChI is InChI=1S/C30H58O4/c1-3-5-7-9-11-13-15-17-19-21-23-25-28(32)30(34,27-31)29(33)26-24-22-20-18-16-14-12-10-8-6-4-2/h31,34H,3-27H2,1-2H3. The maximum atomic E-state index is 12.5. The van der Waals surface area contributed by atoms with E-state index >= 15 is 0 Å². The highest BCUT2D eigenvalue weighted by Crippen LogP contribution is 2.19. The van der Waals surface area contributed by atoms with Gasteiger partial charge in [0.15, 0.2) is 11.6 Å². The number of hydrogen-bond donors (Lipinski definition) is 2. The Morgan fingerprint density at radius 2 is 0.706 bits per heavy atom. The summed E-state index contributed by atoms with van der Waals surface area (Å²) in [5, 5.41) is 20.1. The van der Waals surface area contributed by atoms with Gasteiger partial charge >= 0.3 is 0 Å². The molecule has 0 fully saturated rings. The van der Waals surface area contributed by atoms with E-state index < -0.39 is 23.8 Å². The maximum absolute atomic E-state index is 12.5.